The molecular formula is C38H44N8O4. The zero-order valence-corrected chi connectivity index (χ0v) is 28.9. The molecule has 7 rings (SSSR count). The summed E-state index contributed by atoms with van der Waals surface area (Å²) in [6.45, 7) is 5.91. The van der Waals surface area contributed by atoms with Crippen molar-refractivity contribution in [3.63, 3.8) is 0 Å². The number of anilines is 3. The van der Waals surface area contributed by atoms with E-state index in [1.54, 1.807) is 17.7 Å². The van der Waals surface area contributed by atoms with E-state index < -0.39 is 0 Å². The number of amides is 2. The van der Waals surface area contributed by atoms with Gasteiger partial charge in [-0.25, -0.2) is 9.97 Å². The molecule has 3 aromatic heterocycles. The highest BCUT2D eigenvalue weighted by Gasteiger charge is 2.29. The molecule has 12 nitrogen and oxygen atoms in total. The lowest BCUT2D eigenvalue weighted by molar-refractivity contribution is -0.134. The van der Waals surface area contributed by atoms with Gasteiger partial charge in [0.2, 0.25) is 17.8 Å². The van der Waals surface area contributed by atoms with E-state index in [9.17, 15) is 19.2 Å². The number of nitrogens with one attached hydrogen (secondary N) is 2. The number of hydrogen-bond acceptors (Lipinski definition) is 10. The van der Waals surface area contributed by atoms with Crippen molar-refractivity contribution in [3.05, 3.63) is 81.4 Å². The van der Waals surface area contributed by atoms with Gasteiger partial charge in [0, 0.05) is 49.7 Å². The van der Waals surface area contributed by atoms with Crippen LogP contribution in [0.1, 0.15) is 97.3 Å². The summed E-state index contributed by atoms with van der Waals surface area (Å²) in [6, 6.07) is 12.7. The van der Waals surface area contributed by atoms with E-state index in [1.807, 2.05) is 24.4 Å². The maximum absolute atomic E-state index is 13.5. The molecule has 0 bridgehead atoms. The molecule has 260 valence electrons. The van der Waals surface area contributed by atoms with Crippen molar-refractivity contribution in [1.29, 1.82) is 0 Å². The number of Topliss-reactive ketones (excluding diaryl/α,β-unsaturated/α-hetero) is 1. The van der Waals surface area contributed by atoms with Crippen LogP contribution in [0.5, 0.6) is 0 Å². The molecule has 1 aliphatic carbocycles. The SMILES string of the molecule is CC(=O)c1c(C)c2cnc(Nc3ccc(N4CCC(N(C)Cc5ccc(C6CCC(=O)NC6=O)cc5)CC4)cn3)nc2n(C2CCCC2)c1=O. The highest BCUT2D eigenvalue weighted by Crippen LogP contribution is 2.32. The Labute approximate surface area is 291 Å². The van der Waals surface area contributed by atoms with Crippen LogP contribution in [-0.4, -0.2) is 68.2 Å². The summed E-state index contributed by atoms with van der Waals surface area (Å²) < 4.78 is 1.72. The van der Waals surface area contributed by atoms with Crippen LogP contribution in [0.25, 0.3) is 11.0 Å². The average molecular weight is 677 g/mol. The smallest absolute Gasteiger partial charge is 0.263 e. The van der Waals surface area contributed by atoms with Gasteiger partial charge in [0.1, 0.15) is 11.5 Å². The molecule has 12 heteroatoms. The highest BCUT2D eigenvalue weighted by atomic mass is 16.2. The van der Waals surface area contributed by atoms with Gasteiger partial charge in [0.05, 0.1) is 23.4 Å². The van der Waals surface area contributed by atoms with Crippen LogP contribution in [-0.2, 0) is 16.1 Å². The quantitative estimate of drug-likeness (QED) is 0.180. The molecule has 50 heavy (non-hydrogen) atoms. The molecule has 2 saturated heterocycles. The van der Waals surface area contributed by atoms with Crippen molar-refractivity contribution in [2.24, 2.45) is 0 Å². The number of aryl methyl sites for hydroxylation is 1. The average Bonchev–Trinajstić information content (AvgIpc) is 3.64. The fourth-order valence-electron chi connectivity index (χ4n) is 7.92. The standard InChI is InChI=1S/C38H44N8O4/c1-23-31-21-40-38(43-35(31)46(28-6-4-5-7-28)37(50)34(23)24(2)47)41-32-14-12-29(20-39-32)45-18-16-27(17-19-45)44(3)22-25-8-10-26(11-9-25)30-13-15-33(48)42-36(30)49/h8-12,14,20-21,27-28,30H,4-7,13,15-19,22H2,1-3H3,(H,42,48,49)(H,39,40,41,43). The molecule has 1 atom stereocenters. The Balaban J connectivity index is 0.968. The van der Waals surface area contributed by atoms with E-state index in [0.717, 1.165) is 69.4 Å². The van der Waals surface area contributed by atoms with Crippen LogP contribution < -0.4 is 21.1 Å². The molecule has 3 aliphatic rings. The van der Waals surface area contributed by atoms with Crippen LogP contribution >= 0.6 is 0 Å². The molecule has 0 radical (unpaired) electrons. The van der Waals surface area contributed by atoms with E-state index in [0.29, 0.717) is 47.2 Å². The maximum atomic E-state index is 13.5. The molecule has 4 aromatic rings. The van der Waals surface area contributed by atoms with Crippen LogP contribution in [0.4, 0.5) is 17.5 Å². The second kappa shape index (κ2) is 14.1. The fraction of sp³-hybridized carbons (Fsp3) is 0.447. The minimum Gasteiger partial charge on any atom is -0.370 e. The normalized spacial score (nSPS) is 19.0. The van der Waals surface area contributed by atoms with E-state index in [2.05, 4.69) is 55.6 Å². The first kappa shape index (κ1) is 33.5. The molecular weight excluding hydrogens is 632 g/mol. The monoisotopic (exact) mass is 676 g/mol. The van der Waals surface area contributed by atoms with Crippen LogP contribution in [0.3, 0.4) is 0 Å². The minimum atomic E-state index is -0.266. The molecule has 2 amide bonds. The predicted octanol–water partition coefficient (Wildman–Crippen LogP) is 5.18. The van der Waals surface area contributed by atoms with E-state index >= 15 is 0 Å². The number of rotatable bonds is 9. The fourth-order valence-corrected chi connectivity index (χ4v) is 7.92. The Kier molecular flexibility index (Phi) is 9.46. The summed E-state index contributed by atoms with van der Waals surface area (Å²) in [5, 5.41) is 6.38. The Morgan fingerprint density at radius 2 is 1.70 bits per heavy atom. The second-order valence-corrected chi connectivity index (χ2v) is 14.0. The van der Waals surface area contributed by atoms with Crippen LogP contribution in [0.2, 0.25) is 0 Å². The van der Waals surface area contributed by atoms with Crippen molar-refractivity contribution in [3.8, 4) is 0 Å². The number of carbonyl (C=O) groups excluding carboxylic acids is 3. The molecule has 1 saturated carbocycles. The van der Waals surface area contributed by atoms with Crippen molar-refractivity contribution < 1.29 is 14.4 Å². The number of hydrogen-bond donors (Lipinski definition) is 2. The first-order chi connectivity index (χ1) is 24.2. The minimum absolute atomic E-state index is 0.0196. The predicted molar refractivity (Wildman–Crippen MR) is 192 cm³/mol. The Morgan fingerprint density at radius 3 is 2.36 bits per heavy atom. The van der Waals surface area contributed by atoms with Gasteiger partial charge in [0.25, 0.3) is 5.56 Å². The third-order valence-electron chi connectivity index (χ3n) is 10.7. The first-order valence-electron chi connectivity index (χ1n) is 17.7. The topological polar surface area (TPSA) is 142 Å². The van der Waals surface area contributed by atoms with Gasteiger partial charge in [-0.3, -0.25) is 34.0 Å². The van der Waals surface area contributed by atoms with Crippen molar-refractivity contribution in [2.75, 3.05) is 30.4 Å². The van der Waals surface area contributed by atoms with Gasteiger partial charge in [-0.2, -0.15) is 4.98 Å². The van der Waals surface area contributed by atoms with Crippen molar-refractivity contribution in [2.45, 2.75) is 89.8 Å². The summed E-state index contributed by atoms with van der Waals surface area (Å²) in [5.41, 5.74) is 4.34. The summed E-state index contributed by atoms with van der Waals surface area (Å²) in [4.78, 5) is 68.4. The van der Waals surface area contributed by atoms with Gasteiger partial charge >= 0.3 is 0 Å². The van der Waals surface area contributed by atoms with Crippen molar-refractivity contribution >= 4 is 46.1 Å². The first-order valence-corrected chi connectivity index (χ1v) is 17.7. The third-order valence-corrected chi connectivity index (χ3v) is 10.7. The Bertz CT molecular complexity index is 1980. The number of pyridine rings is 2. The Morgan fingerprint density at radius 1 is 0.960 bits per heavy atom. The number of nitrogens with zero attached hydrogens (tertiary/aromatic N) is 6. The molecule has 5 heterocycles. The molecule has 2 aliphatic heterocycles. The van der Waals surface area contributed by atoms with Crippen LogP contribution in [0, 0.1) is 6.92 Å². The third kappa shape index (κ3) is 6.76. The molecule has 2 N–H and O–H groups in total. The lowest BCUT2D eigenvalue weighted by atomic mass is 9.90. The van der Waals surface area contributed by atoms with E-state index in [4.69, 9.17) is 4.98 Å². The van der Waals surface area contributed by atoms with Gasteiger partial charge in [0.15, 0.2) is 5.78 Å². The summed E-state index contributed by atoms with van der Waals surface area (Å²) in [6.07, 6.45) is 10.4. The maximum Gasteiger partial charge on any atom is 0.263 e. The number of piperidine rings is 2. The number of carbonyl (C=O) groups is 3. The lowest BCUT2D eigenvalue weighted by Crippen LogP contribution is -2.43. The van der Waals surface area contributed by atoms with Gasteiger partial charge in [-0.15, -0.1) is 0 Å². The molecule has 1 unspecified atom stereocenters. The Hall–Kier alpha value is -4.97. The molecule has 3 fully saturated rings. The summed E-state index contributed by atoms with van der Waals surface area (Å²) >= 11 is 0. The highest BCUT2D eigenvalue weighted by molar-refractivity contribution is 6.01. The van der Waals surface area contributed by atoms with E-state index in [-0.39, 0.29) is 40.7 Å². The van der Waals surface area contributed by atoms with Gasteiger partial charge in [-0.1, -0.05) is 37.1 Å². The number of imide groups is 1. The zero-order valence-electron chi connectivity index (χ0n) is 28.9. The largest absolute Gasteiger partial charge is 0.370 e. The number of aromatic nitrogens is 4. The summed E-state index contributed by atoms with van der Waals surface area (Å²) in [5.74, 6) is 0.0736. The van der Waals surface area contributed by atoms with Gasteiger partial charge < -0.3 is 10.2 Å². The van der Waals surface area contributed by atoms with Crippen LogP contribution in [0.15, 0.2) is 53.6 Å². The molecule has 0 spiro atoms. The lowest BCUT2D eigenvalue weighted by Gasteiger charge is -2.37. The summed E-state index contributed by atoms with van der Waals surface area (Å²) in [7, 11) is 2.17. The number of fused-ring (bicyclic) bond motifs is 1. The second-order valence-electron chi connectivity index (χ2n) is 14.0. The number of benzene rings is 1. The number of ketones is 1. The zero-order chi connectivity index (χ0) is 34.9. The van der Waals surface area contributed by atoms with E-state index in [1.165, 1.54) is 12.5 Å². The molecule has 1 aromatic carbocycles. The van der Waals surface area contributed by atoms with Gasteiger partial charge in [-0.05, 0) is 81.8 Å². The van der Waals surface area contributed by atoms with Crippen molar-refractivity contribution in [1.82, 2.24) is 29.7 Å².